The number of carbonyl (C=O) groups is 1. The highest BCUT2D eigenvalue weighted by Crippen LogP contribution is 2.23. The van der Waals surface area contributed by atoms with Crippen LogP contribution in [0.2, 0.25) is 0 Å². The molecule has 1 amide bonds. The van der Waals surface area contributed by atoms with Gasteiger partial charge in [0.25, 0.3) is 5.91 Å². The van der Waals surface area contributed by atoms with E-state index in [2.05, 4.69) is 29.4 Å². The van der Waals surface area contributed by atoms with Crippen molar-refractivity contribution in [3.8, 4) is 0 Å². The highest BCUT2D eigenvalue weighted by molar-refractivity contribution is 6.06. The van der Waals surface area contributed by atoms with Crippen LogP contribution >= 0.6 is 0 Å². The molecule has 4 rings (SSSR count). The van der Waals surface area contributed by atoms with E-state index in [1.165, 1.54) is 5.56 Å². The minimum absolute atomic E-state index is 0.141. The van der Waals surface area contributed by atoms with E-state index in [1.54, 1.807) is 12.1 Å². The second kappa shape index (κ2) is 8.31. The summed E-state index contributed by atoms with van der Waals surface area (Å²) in [6.07, 6.45) is 2.46. The van der Waals surface area contributed by atoms with Crippen LogP contribution in [0.3, 0.4) is 0 Å². The molecular weight excluding hydrogens is 360 g/mol. The third-order valence-corrected chi connectivity index (χ3v) is 5.14. The first-order chi connectivity index (χ1) is 14.1. The number of fused-ring (bicyclic) bond motifs is 1. The number of amides is 1. The van der Waals surface area contributed by atoms with Crippen molar-refractivity contribution in [1.82, 2.24) is 4.98 Å². The molecule has 0 unspecified atom stereocenters. The minimum atomic E-state index is -0.141. The summed E-state index contributed by atoms with van der Waals surface area (Å²) in [6.45, 7) is 4.09. The van der Waals surface area contributed by atoms with E-state index in [4.69, 9.17) is 4.42 Å². The molecule has 146 valence electrons. The lowest BCUT2D eigenvalue weighted by Crippen LogP contribution is -2.14. The lowest BCUT2D eigenvalue weighted by atomic mass is 10.1. The van der Waals surface area contributed by atoms with Crippen molar-refractivity contribution in [3.63, 3.8) is 0 Å². The molecule has 0 radical (unpaired) electrons. The Balaban J connectivity index is 1.52. The SMILES string of the molecule is CCc1cccc(C)c1NC(=O)c1ccc2nc(CCc3ccccc3)oc2c1. The summed E-state index contributed by atoms with van der Waals surface area (Å²) in [4.78, 5) is 17.4. The molecule has 1 heterocycles. The smallest absolute Gasteiger partial charge is 0.255 e. The van der Waals surface area contributed by atoms with Gasteiger partial charge in [-0.2, -0.15) is 0 Å². The largest absolute Gasteiger partial charge is 0.441 e. The summed E-state index contributed by atoms with van der Waals surface area (Å²) in [5, 5.41) is 3.06. The number of nitrogens with zero attached hydrogens (tertiary/aromatic N) is 1. The van der Waals surface area contributed by atoms with E-state index in [0.29, 0.717) is 17.0 Å². The molecule has 1 aromatic heterocycles. The van der Waals surface area contributed by atoms with Gasteiger partial charge in [-0.15, -0.1) is 0 Å². The second-order valence-corrected chi connectivity index (χ2v) is 7.19. The lowest BCUT2D eigenvalue weighted by Gasteiger charge is -2.12. The zero-order valence-electron chi connectivity index (χ0n) is 16.7. The summed E-state index contributed by atoms with van der Waals surface area (Å²) < 4.78 is 5.91. The number of aromatic nitrogens is 1. The first-order valence-electron chi connectivity index (χ1n) is 9.97. The molecule has 4 heteroatoms. The molecule has 0 fully saturated rings. The molecule has 0 bridgehead atoms. The average molecular weight is 384 g/mol. The number of anilines is 1. The van der Waals surface area contributed by atoms with Gasteiger partial charge in [0.05, 0.1) is 0 Å². The summed E-state index contributed by atoms with van der Waals surface area (Å²) in [7, 11) is 0. The van der Waals surface area contributed by atoms with Crippen LogP contribution in [0.15, 0.2) is 71.1 Å². The molecule has 0 atom stereocenters. The summed E-state index contributed by atoms with van der Waals surface area (Å²) in [5.74, 6) is 0.548. The Bertz CT molecular complexity index is 1150. The number of carbonyl (C=O) groups excluding carboxylic acids is 1. The summed E-state index contributed by atoms with van der Waals surface area (Å²) >= 11 is 0. The van der Waals surface area contributed by atoms with Crippen LogP contribution < -0.4 is 5.32 Å². The Labute approximate surface area is 170 Å². The van der Waals surface area contributed by atoms with Crippen molar-refractivity contribution in [2.45, 2.75) is 33.1 Å². The van der Waals surface area contributed by atoms with Gasteiger partial charge in [0.1, 0.15) is 5.52 Å². The average Bonchev–Trinajstić information content (AvgIpc) is 3.16. The molecule has 0 saturated heterocycles. The molecule has 0 aliphatic carbocycles. The van der Waals surface area contributed by atoms with Gasteiger partial charge in [-0.05, 0) is 54.7 Å². The van der Waals surface area contributed by atoms with Gasteiger partial charge in [0.2, 0.25) is 0 Å². The molecule has 29 heavy (non-hydrogen) atoms. The Morgan fingerprint density at radius 3 is 2.62 bits per heavy atom. The van der Waals surface area contributed by atoms with Crippen LogP contribution in [0, 0.1) is 6.92 Å². The molecule has 4 nitrogen and oxygen atoms in total. The van der Waals surface area contributed by atoms with Gasteiger partial charge in [0.15, 0.2) is 11.5 Å². The first kappa shape index (κ1) is 18.9. The van der Waals surface area contributed by atoms with E-state index < -0.39 is 0 Å². The van der Waals surface area contributed by atoms with Crippen molar-refractivity contribution in [2.24, 2.45) is 0 Å². The fourth-order valence-electron chi connectivity index (χ4n) is 3.50. The Morgan fingerprint density at radius 1 is 1.00 bits per heavy atom. The maximum atomic E-state index is 12.8. The molecule has 0 aliphatic heterocycles. The zero-order chi connectivity index (χ0) is 20.2. The Kier molecular flexibility index (Phi) is 5.43. The minimum Gasteiger partial charge on any atom is -0.441 e. The van der Waals surface area contributed by atoms with E-state index in [0.717, 1.165) is 41.6 Å². The van der Waals surface area contributed by atoms with Crippen LogP contribution in [-0.2, 0) is 19.3 Å². The molecule has 3 aromatic carbocycles. The highest BCUT2D eigenvalue weighted by atomic mass is 16.3. The molecule has 1 N–H and O–H groups in total. The van der Waals surface area contributed by atoms with Gasteiger partial charge in [0, 0.05) is 17.7 Å². The van der Waals surface area contributed by atoms with Crippen molar-refractivity contribution in [2.75, 3.05) is 5.32 Å². The predicted molar refractivity (Wildman–Crippen MR) is 116 cm³/mol. The quantitative estimate of drug-likeness (QED) is 0.461. The van der Waals surface area contributed by atoms with Crippen LogP contribution in [0.1, 0.15) is 39.9 Å². The number of benzene rings is 3. The van der Waals surface area contributed by atoms with Crippen molar-refractivity contribution < 1.29 is 9.21 Å². The van der Waals surface area contributed by atoms with Gasteiger partial charge >= 0.3 is 0 Å². The number of oxazole rings is 1. The van der Waals surface area contributed by atoms with E-state index in [1.807, 2.05) is 49.4 Å². The molecule has 0 spiro atoms. The second-order valence-electron chi connectivity index (χ2n) is 7.19. The summed E-state index contributed by atoms with van der Waals surface area (Å²) in [5.41, 5.74) is 6.30. The Morgan fingerprint density at radius 2 is 1.83 bits per heavy atom. The van der Waals surface area contributed by atoms with Crippen molar-refractivity contribution in [1.29, 1.82) is 0 Å². The number of aryl methyl sites for hydroxylation is 4. The van der Waals surface area contributed by atoms with E-state index in [9.17, 15) is 4.79 Å². The van der Waals surface area contributed by atoms with Crippen LogP contribution in [0.25, 0.3) is 11.1 Å². The fourth-order valence-corrected chi connectivity index (χ4v) is 3.50. The lowest BCUT2D eigenvalue weighted by molar-refractivity contribution is 0.102. The van der Waals surface area contributed by atoms with E-state index >= 15 is 0 Å². The van der Waals surface area contributed by atoms with Crippen LogP contribution in [-0.4, -0.2) is 10.9 Å². The number of nitrogens with one attached hydrogen (secondary N) is 1. The number of hydrogen-bond donors (Lipinski definition) is 1. The van der Waals surface area contributed by atoms with Gasteiger partial charge < -0.3 is 9.73 Å². The third kappa shape index (κ3) is 4.21. The topological polar surface area (TPSA) is 55.1 Å². The monoisotopic (exact) mass is 384 g/mol. The zero-order valence-corrected chi connectivity index (χ0v) is 16.7. The van der Waals surface area contributed by atoms with Crippen LogP contribution in [0.4, 0.5) is 5.69 Å². The highest BCUT2D eigenvalue weighted by Gasteiger charge is 2.13. The number of para-hydroxylation sites is 1. The van der Waals surface area contributed by atoms with Gasteiger partial charge in [-0.1, -0.05) is 55.5 Å². The third-order valence-electron chi connectivity index (χ3n) is 5.14. The molecular formula is C25H24N2O2. The van der Waals surface area contributed by atoms with Crippen molar-refractivity contribution >= 4 is 22.7 Å². The first-order valence-corrected chi connectivity index (χ1v) is 9.97. The molecule has 4 aromatic rings. The van der Waals surface area contributed by atoms with Crippen LogP contribution in [0.5, 0.6) is 0 Å². The summed E-state index contributed by atoms with van der Waals surface area (Å²) in [6, 6.07) is 21.8. The maximum Gasteiger partial charge on any atom is 0.255 e. The van der Waals surface area contributed by atoms with E-state index in [-0.39, 0.29) is 5.91 Å². The van der Waals surface area contributed by atoms with Crippen molar-refractivity contribution in [3.05, 3.63) is 94.9 Å². The normalized spacial score (nSPS) is 11.0. The molecule has 0 aliphatic rings. The van der Waals surface area contributed by atoms with Gasteiger partial charge in [-0.3, -0.25) is 4.79 Å². The van der Waals surface area contributed by atoms with Gasteiger partial charge in [-0.25, -0.2) is 4.98 Å². The maximum absolute atomic E-state index is 12.8. The number of rotatable bonds is 6. The number of hydrogen-bond acceptors (Lipinski definition) is 3. The Hall–Kier alpha value is -3.40. The predicted octanol–water partition coefficient (Wildman–Crippen LogP) is 5.74. The molecule has 0 saturated carbocycles. The fraction of sp³-hybridized carbons (Fsp3) is 0.200. The standard InChI is InChI=1S/C25H24N2O2/c1-3-19-11-7-8-17(2)24(19)27-25(28)20-13-14-21-22(16-20)29-23(26-21)15-12-18-9-5-4-6-10-18/h4-11,13-14,16H,3,12,15H2,1-2H3,(H,27,28).